The Morgan fingerprint density at radius 2 is 2.19 bits per heavy atom. The van der Waals surface area contributed by atoms with Crippen LogP contribution in [0, 0.1) is 5.92 Å². The van der Waals surface area contributed by atoms with Crippen molar-refractivity contribution in [3.8, 4) is 0 Å². The van der Waals surface area contributed by atoms with Crippen LogP contribution in [-0.4, -0.2) is 33.2 Å². The number of hydrogen-bond acceptors (Lipinski definition) is 3. The SMILES string of the molecule is C=CC(=O)N[C@H]1CCC[C@@H]1CNS(C)(=O)=O. The lowest BCUT2D eigenvalue weighted by molar-refractivity contribution is -0.117. The molecule has 0 spiro atoms. The molecule has 0 aromatic rings. The van der Waals surface area contributed by atoms with Gasteiger partial charge in [0.2, 0.25) is 15.9 Å². The first kappa shape index (κ1) is 13.2. The smallest absolute Gasteiger partial charge is 0.243 e. The minimum absolute atomic E-state index is 0.0553. The van der Waals surface area contributed by atoms with Crippen LogP contribution in [0.15, 0.2) is 12.7 Å². The van der Waals surface area contributed by atoms with Crippen LogP contribution >= 0.6 is 0 Å². The van der Waals surface area contributed by atoms with E-state index >= 15 is 0 Å². The van der Waals surface area contributed by atoms with E-state index in [2.05, 4.69) is 16.6 Å². The number of carbonyl (C=O) groups excluding carboxylic acids is 1. The highest BCUT2D eigenvalue weighted by Gasteiger charge is 2.28. The topological polar surface area (TPSA) is 75.3 Å². The molecule has 1 saturated carbocycles. The molecule has 0 heterocycles. The van der Waals surface area contributed by atoms with Crippen LogP contribution in [0.1, 0.15) is 19.3 Å². The van der Waals surface area contributed by atoms with Gasteiger partial charge in [-0.3, -0.25) is 4.79 Å². The molecule has 1 rings (SSSR count). The van der Waals surface area contributed by atoms with Crippen molar-refractivity contribution in [2.75, 3.05) is 12.8 Å². The van der Waals surface area contributed by atoms with Gasteiger partial charge in [-0.2, -0.15) is 0 Å². The largest absolute Gasteiger partial charge is 0.350 e. The summed E-state index contributed by atoms with van der Waals surface area (Å²) in [6.45, 7) is 3.78. The van der Waals surface area contributed by atoms with Gasteiger partial charge in [0.1, 0.15) is 0 Å². The number of sulfonamides is 1. The summed E-state index contributed by atoms with van der Waals surface area (Å²) in [7, 11) is -3.15. The molecule has 5 nitrogen and oxygen atoms in total. The zero-order valence-electron chi connectivity index (χ0n) is 9.40. The first-order valence-electron chi connectivity index (χ1n) is 5.30. The fourth-order valence-corrected chi connectivity index (χ4v) is 2.49. The molecule has 1 amide bonds. The van der Waals surface area contributed by atoms with Gasteiger partial charge in [-0.1, -0.05) is 13.0 Å². The van der Waals surface area contributed by atoms with Gasteiger partial charge in [0, 0.05) is 12.6 Å². The Morgan fingerprint density at radius 1 is 1.50 bits per heavy atom. The third-order valence-corrected chi connectivity index (χ3v) is 3.47. The normalized spacial score (nSPS) is 25.3. The van der Waals surface area contributed by atoms with E-state index in [9.17, 15) is 13.2 Å². The molecule has 1 aliphatic carbocycles. The number of amides is 1. The summed E-state index contributed by atoms with van der Waals surface area (Å²) >= 11 is 0. The second-order valence-corrected chi connectivity index (χ2v) is 5.96. The number of rotatable bonds is 5. The van der Waals surface area contributed by atoms with Crippen LogP contribution in [0.2, 0.25) is 0 Å². The molecule has 0 saturated heterocycles. The monoisotopic (exact) mass is 246 g/mol. The van der Waals surface area contributed by atoms with E-state index in [-0.39, 0.29) is 17.9 Å². The summed E-state index contributed by atoms with van der Waals surface area (Å²) in [5, 5.41) is 2.82. The Bertz CT molecular complexity index is 364. The maximum absolute atomic E-state index is 11.1. The molecule has 6 heteroatoms. The lowest BCUT2D eigenvalue weighted by Crippen LogP contribution is -2.41. The van der Waals surface area contributed by atoms with Crippen LogP contribution in [0.25, 0.3) is 0 Å². The summed E-state index contributed by atoms with van der Waals surface area (Å²) in [5.74, 6) is -0.0186. The van der Waals surface area contributed by atoms with Gasteiger partial charge in [0.25, 0.3) is 0 Å². The van der Waals surface area contributed by atoms with E-state index in [0.717, 1.165) is 25.5 Å². The van der Waals surface area contributed by atoms with Crippen LogP contribution in [0.3, 0.4) is 0 Å². The van der Waals surface area contributed by atoms with E-state index < -0.39 is 10.0 Å². The predicted octanol–water partition coefficient (Wildman–Crippen LogP) is 0.00650. The van der Waals surface area contributed by atoms with Crippen molar-refractivity contribution in [1.29, 1.82) is 0 Å². The van der Waals surface area contributed by atoms with Crippen LogP contribution < -0.4 is 10.0 Å². The number of hydrogen-bond donors (Lipinski definition) is 2. The van der Waals surface area contributed by atoms with E-state index in [1.54, 1.807) is 0 Å². The average molecular weight is 246 g/mol. The minimum Gasteiger partial charge on any atom is -0.350 e. The molecular weight excluding hydrogens is 228 g/mol. The predicted molar refractivity (Wildman–Crippen MR) is 62.3 cm³/mol. The second kappa shape index (κ2) is 5.45. The van der Waals surface area contributed by atoms with Crippen molar-refractivity contribution in [3.63, 3.8) is 0 Å². The average Bonchev–Trinajstić information content (AvgIpc) is 2.61. The van der Waals surface area contributed by atoms with Crippen molar-refractivity contribution in [3.05, 3.63) is 12.7 Å². The minimum atomic E-state index is -3.15. The molecule has 16 heavy (non-hydrogen) atoms. The molecule has 0 bridgehead atoms. The third-order valence-electron chi connectivity index (χ3n) is 2.78. The first-order chi connectivity index (χ1) is 7.42. The van der Waals surface area contributed by atoms with Crippen LogP contribution in [0.5, 0.6) is 0 Å². The maximum atomic E-state index is 11.1. The summed E-state index contributed by atoms with van der Waals surface area (Å²) in [5.41, 5.74) is 0. The van der Waals surface area contributed by atoms with Crippen molar-refractivity contribution >= 4 is 15.9 Å². The fraction of sp³-hybridized carbons (Fsp3) is 0.700. The summed E-state index contributed by atoms with van der Waals surface area (Å²) in [6.07, 6.45) is 5.22. The van der Waals surface area contributed by atoms with Gasteiger partial charge in [0.15, 0.2) is 0 Å². The van der Waals surface area contributed by atoms with Gasteiger partial charge < -0.3 is 5.32 Å². The van der Waals surface area contributed by atoms with E-state index in [4.69, 9.17) is 0 Å². The summed E-state index contributed by atoms with van der Waals surface area (Å²) < 4.78 is 24.4. The molecule has 1 fully saturated rings. The molecule has 0 radical (unpaired) electrons. The van der Waals surface area contributed by atoms with Gasteiger partial charge in [-0.15, -0.1) is 0 Å². The Kier molecular flexibility index (Phi) is 4.49. The summed E-state index contributed by atoms with van der Waals surface area (Å²) in [4.78, 5) is 11.1. The van der Waals surface area contributed by atoms with Gasteiger partial charge in [-0.25, -0.2) is 13.1 Å². The molecule has 0 aromatic heterocycles. The zero-order valence-corrected chi connectivity index (χ0v) is 10.2. The highest BCUT2D eigenvalue weighted by atomic mass is 32.2. The molecule has 0 aromatic carbocycles. The second-order valence-electron chi connectivity index (χ2n) is 4.13. The zero-order chi connectivity index (χ0) is 12.2. The van der Waals surface area contributed by atoms with Gasteiger partial charge in [-0.05, 0) is 24.8 Å². The maximum Gasteiger partial charge on any atom is 0.243 e. The summed E-state index contributed by atoms with van der Waals surface area (Å²) in [6, 6.07) is 0.0553. The van der Waals surface area contributed by atoms with Gasteiger partial charge >= 0.3 is 0 Å². The third kappa shape index (κ3) is 4.32. The standard InChI is InChI=1S/C10H18N2O3S/c1-3-10(13)12-9-6-4-5-8(9)7-11-16(2,14)15/h3,8-9,11H,1,4-7H2,2H3,(H,12,13)/t8-,9+/m1/s1. The van der Waals surface area contributed by atoms with Crippen molar-refractivity contribution in [1.82, 2.24) is 10.0 Å². The Morgan fingerprint density at radius 3 is 2.75 bits per heavy atom. The Balaban J connectivity index is 2.46. The Labute approximate surface area is 96.4 Å². The molecule has 2 atom stereocenters. The molecular formula is C10H18N2O3S. The molecule has 0 unspecified atom stereocenters. The van der Waals surface area contributed by atoms with Gasteiger partial charge in [0.05, 0.1) is 6.26 Å². The van der Waals surface area contributed by atoms with E-state index in [1.807, 2.05) is 0 Å². The van der Waals surface area contributed by atoms with E-state index in [0.29, 0.717) is 6.54 Å². The lowest BCUT2D eigenvalue weighted by atomic mass is 10.0. The number of carbonyl (C=O) groups is 1. The molecule has 92 valence electrons. The van der Waals surface area contributed by atoms with Crippen molar-refractivity contribution in [2.45, 2.75) is 25.3 Å². The fourth-order valence-electron chi connectivity index (χ4n) is 1.97. The lowest BCUT2D eigenvalue weighted by Gasteiger charge is -2.20. The Hall–Kier alpha value is -0.880. The van der Waals surface area contributed by atoms with Crippen LogP contribution in [0.4, 0.5) is 0 Å². The van der Waals surface area contributed by atoms with Crippen molar-refractivity contribution < 1.29 is 13.2 Å². The quantitative estimate of drug-likeness (QED) is 0.671. The molecule has 0 aliphatic heterocycles. The number of nitrogens with one attached hydrogen (secondary N) is 2. The molecule has 1 aliphatic rings. The van der Waals surface area contributed by atoms with Crippen LogP contribution in [-0.2, 0) is 14.8 Å². The van der Waals surface area contributed by atoms with E-state index in [1.165, 1.54) is 6.08 Å². The highest BCUT2D eigenvalue weighted by Crippen LogP contribution is 2.25. The van der Waals surface area contributed by atoms with Crippen molar-refractivity contribution in [2.24, 2.45) is 5.92 Å². The molecule has 2 N–H and O–H groups in total. The highest BCUT2D eigenvalue weighted by molar-refractivity contribution is 7.88. The first-order valence-corrected chi connectivity index (χ1v) is 7.19.